The summed E-state index contributed by atoms with van der Waals surface area (Å²) in [6.07, 6.45) is 2.37. The fourth-order valence-electron chi connectivity index (χ4n) is 1.69. The molecule has 1 aromatic carbocycles. The van der Waals surface area contributed by atoms with Crippen LogP contribution in [0.25, 0.3) is 0 Å². The van der Waals surface area contributed by atoms with Crippen molar-refractivity contribution < 1.29 is 17.6 Å². The second-order valence-electron chi connectivity index (χ2n) is 4.36. The molecule has 8 heteroatoms. The van der Waals surface area contributed by atoms with E-state index in [1.54, 1.807) is 0 Å². The summed E-state index contributed by atoms with van der Waals surface area (Å²) in [6, 6.07) is 5.28. The van der Waals surface area contributed by atoms with Crippen molar-refractivity contribution in [3.63, 3.8) is 0 Å². The first kappa shape index (κ1) is 15.2. The first-order valence-electron chi connectivity index (χ1n) is 6.23. The number of carbonyl (C=O) groups excluding carboxylic acids is 1. The Labute approximate surface area is 121 Å². The Bertz CT molecular complexity index is 738. The largest absolute Gasteiger partial charge is 0.274 e. The van der Waals surface area contributed by atoms with Gasteiger partial charge < -0.3 is 0 Å². The monoisotopic (exact) mass is 311 g/mol. The number of benzene rings is 1. The van der Waals surface area contributed by atoms with Gasteiger partial charge in [-0.05, 0) is 24.6 Å². The zero-order chi connectivity index (χ0) is 15.5. The van der Waals surface area contributed by atoms with Gasteiger partial charge in [-0.2, -0.15) is 5.10 Å². The number of nitrogens with one attached hydrogen (secondary N) is 1. The van der Waals surface area contributed by atoms with Crippen LogP contribution in [0.15, 0.2) is 41.6 Å². The summed E-state index contributed by atoms with van der Waals surface area (Å²) >= 11 is 0. The number of sulfonamides is 1. The summed E-state index contributed by atoms with van der Waals surface area (Å²) in [5, 5.41) is 3.85. The van der Waals surface area contributed by atoms with Gasteiger partial charge in [0.25, 0.3) is 10.0 Å². The van der Waals surface area contributed by atoms with E-state index in [0.29, 0.717) is 12.1 Å². The lowest BCUT2D eigenvalue weighted by Gasteiger charge is -2.05. The first-order valence-corrected chi connectivity index (χ1v) is 7.71. The molecule has 112 valence electrons. The molecule has 0 aliphatic heterocycles. The van der Waals surface area contributed by atoms with Gasteiger partial charge in [-0.25, -0.2) is 17.5 Å². The van der Waals surface area contributed by atoms with Crippen LogP contribution in [0.5, 0.6) is 0 Å². The molecule has 0 aliphatic carbocycles. The van der Waals surface area contributed by atoms with Gasteiger partial charge in [0.2, 0.25) is 5.91 Å². The van der Waals surface area contributed by atoms with Gasteiger partial charge in [0.05, 0.1) is 12.6 Å². The van der Waals surface area contributed by atoms with Crippen LogP contribution in [0.4, 0.5) is 4.39 Å². The van der Waals surface area contributed by atoms with Gasteiger partial charge in [-0.3, -0.25) is 9.48 Å². The van der Waals surface area contributed by atoms with Crippen LogP contribution in [0.1, 0.15) is 12.5 Å². The van der Waals surface area contributed by atoms with Crippen molar-refractivity contribution in [3.8, 4) is 0 Å². The maximum Gasteiger partial charge on any atom is 0.267 e. The Kier molecular flexibility index (Phi) is 4.37. The molecule has 0 spiro atoms. The molecule has 6 nitrogen and oxygen atoms in total. The molecule has 0 fully saturated rings. The normalized spacial score (nSPS) is 11.3. The van der Waals surface area contributed by atoms with Crippen LogP contribution < -0.4 is 4.72 Å². The Morgan fingerprint density at radius 3 is 2.57 bits per heavy atom. The van der Waals surface area contributed by atoms with Crippen molar-refractivity contribution in [1.82, 2.24) is 14.5 Å². The van der Waals surface area contributed by atoms with Crippen molar-refractivity contribution in [2.45, 2.75) is 24.8 Å². The Hall–Kier alpha value is -2.22. The van der Waals surface area contributed by atoms with E-state index in [9.17, 15) is 17.6 Å². The molecule has 0 aliphatic rings. The number of aryl methyl sites for hydroxylation is 1. The molecular formula is C13H14FN3O3S. The SMILES string of the molecule is CCn1cc(S(=O)(=O)NC(=O)Cc2ccc(F)cc2)cn1. The number of halogens is 1. The summed E-state index contributed by atoms with van der Waals surface area (Å²) in [5.41, 5.74) is 0.522. The molecule has 1 N–H and O–H groups in total. The maximum atomic E-state index is 12.7. The van der Waals surface area contributed by atoms with Crippen molar-refractivity contribution in [2.75, 3.05) is 0 Å². The van der Waals surface area contributed by atoms with Gasteiger partial charge in [0.1, 0.15) is 10.7 Å². The Balaban J connectivity index is 2.05. The first-order chi connectivity index (χ1) is 9.90. The van der Waals surface area contributed by atoms with E-state index >= 15 is 0 Å². The lowest BCUT2D eigenvalue weighted by Crippen LogP contribution is -2.31. The number of nitrogens with zero attached hydrogens (tertiary/aromatic N) is 2. The van der Waals surface area contributed by atoms with E-state index in [1.807, 2.05) is 11.6 Å². The molecule has 0 radical (unpaired) electrons. The minimum Gasteiger partial charge on any atom is -0.274 e. The van der Waals surface area contributed by atoms with Crippen LogP contribution in [0, 0.1) is 5.82 Å². The molecule has 0 atom stereocenters. The summed E-state index contributed by atoms with van der Waals surface area (Å²) in [5.74, 6) is -1.11. The third-order valence-corrected chi connectivity index (χ3v) is 4.10. The molecular weight excluding hydrogens is 297 g/mol. The van der Waals surface area contributed by atoms with Crippen molar-refractivity contribution in [1.29, 1.82) is 0 Å². The fourth-order valence-corrected chi connectivity index (χ4v) is 2.62. The van der Waals surface area contributed by atoms with E-state index in [2.05, 4.69) is 5.10 Å². The fraction of sp³-hybridized carbons (Fsp3) is 0.231. The van der Waals surface area contributed by atoms with Crippen molar-refractivity contribution >= 4 is 15.9 Å². The van der Waals surface area contributed by atoms with E-state index in [4.69, 9.17) is 0 Å². The van der Waals surface area contributed by atoms with Crippen molar-refractivity contribution in [2.24, 2.45) is 0 Å². The molecule has 2 aromatic rings. The van der Waals surface area contributed by atoms with Gasteiger partial charge in [0, 0.05) is 12.7 Å². The average molecular weight is 311 g/mol. The maximum absolute atomic E-state index is 12.7. The Morgan fingerprint density at radius 1 is 1.33 bits per heavy atom. The molecule has 1 heterocycles. The molecule has 2 rings (SSSR count). The highest BCUT2D eigenvalue weighted by Crippen LogP contribution is 2.08. The number of rotatable bonds is 5. The Morgan fingerprint density at radius 2 is 2.00 bits per heavy atom. The molecule has 0 saturated heterocycles. The van der Waals surface area contributed by atoms with Gasteiger partial charge in [-0.15, -0.1) is 0 Å². The molecule has 1 amide bonds. The van der Waals surface area contributed by atoms with Crippen LogP contribution in [-0.2, 0) is 27.8 Å². The molecule has 21 heavy (non-hydrogen) atoms. The summed E-state index contributed by atoms with van der Waals surface area (Å²) < 4.78 is 40.1. The second kappa shape index (κ2) is 6.04. The highest BCUT2D eigenvalue weighted by molar-refractivity contribution is 7.90. The van der Waals surface area contributed by atoms with E-state index in [0.717, 1.165) is 0 Å². The molecule has 0 unspecified atom stereocenters. The molecule has 0 saturated carbocycles. The standard InChI is InChI=1S/C13H14FN3O3S/c1-2-17-9-12(8-15-17)21(19,20)16-13(18)7-10-3-5-11(14)6-4-10/h3-6,8-9H,2,7H2,1H3,(H,16,18). The zero-order valence-electron chi connectivity index (χ0n) is 11.3. The minimum atomic E-state index is -3.93. The summed E-state index contributed by atoms with van der Waals surface area (Å²) in [7, 11) is -3.93. The summed E-state index contributed by atoms with van der Waals surface area (Å²) in [6.45, 7) is 2.34. The van der Waals surface area contributed by atoms with Crippen LogP contribution in [-0.4, -0.2) is 24.1 Å². The predicted octanol–water partition coefficient (Wildman–Crippen LogP) is 1.09. The van der Waals surface area contributed by atoms with Crippen LogP contribution in [0.3, 0.4) is 0 Å². The quantitative estimate of drug-likeness (QED) is 0.896. The van der Waals surface area contributed by atoms with Gasteiger partial charge in [-0.1, -0.05) is 12.1 Å². The second-order valence-corrected chi connectivity index (χ2v) is 6.05. The predicted molar refractivity (Wildman–Crippen MR) is 73.3 cm³/mol. The van der Waals surface area contributed by atoms with Gasteiger partial charge in [0.15, 0.2) is 0 Å². The number of hydrogen-bond acceptors (Lipinski definition) is 4. The molecule has 0 bridgehead atoms. The number of carbonyl (C=O) groups is 1. The summed E-state index contributed by atoms with van der Waals surface area (Å²) in [4.78, 5) is 11.7. The smallest absolute Gasteiger partial charge is 0.267 e. The zero-order valence-corrected chi connectivity index (χ0v) is 12.1. The van der Waals surface area contributed by atoms with Crippen LogP contribution in [0.2, 0.25) is 0 Å². The van der Waals surface area contributed by atoms with Gasteiger partial charge >= 0.3 is 0 Å². The number of amides is 1. The van der Waals surface area contributed by atoms with Crippen molar-refractivity contribution in [3.05, 3.63) is 48.0 Å². The number of aromatic nitrogens is 2. The van der Waals surface area contributed by atoms with Crippen LogP contribution >= 0.6 is 0 Å². The highest BCUT2D eigenvalue weighted by Gasteiger charge is 2.19. The minimum absolute atomic E-state index is 0.0724. The average Bonchev–Trinajstić information content (AvgIpc) is 2.90. The lowest BCUT2D eigenvalue weighted by molar-refractivity contribution is -0.118. The number of hydrogen-bond donors (Lipinski definition) is 1. The highest BCUT2D eigenvalue weighted by atomic mass is 32.2. The third kappa shape index (κ3) is 3.88. The van der Waals surface area contributed by atoms with E-state index < -0.39 is 21.7 Å². The third-order valence-electron chi connectivity index (χ3n) is 2.77. The molecule has 1 aromatic heterocycles. The lowest BCUT2D eigenvalue weighted by atomic mass is 10.1. The van der Waals surface area contributed by atoms with E-state index in [1.165, 1.54) is 41.3 Å². The van der Waals surface area contributed by atoms with E-state index in [-0.39, 0.29) is 11.3 Å². The topological polar surface area (TPSA) is 81.1 Å².